The van der Waals surface area contributed by atoms with Crippen molar-refractivity contribution in [3.8, 4) is 17.2 Å². The molecule has 2 aromatic rings. The minimum atomic E-state index is -0.154. The molecule has 0 fully saturated rings. The summed E-state index contributed by atoms with van der Waals surface area (Å²) in [6, 6.07) is 13.6. The SMILES string of the molecule is COc1cc(OC)c([C@@H]2C=C(c3ccccc3)NC(=S)N2)cc1OC. The first kappa shape index (κ1) is 17.1. The summed E-state index contributed by atoms with van der Waals surface area (Å²) in [6.07, 6.45) is 2.08. The summed E-state index contributed by atoms with van der Waals surface area (Å²) in [5.74, 6) is 1.95. The zero-order chi connectivity index (χ0) is 17.8. The van der Waals surface area contributed by atoms with Crippen molar-refractivity contribution in [2.24, 2.45) is 0 Å². The third-order valence-corrected chi connectivity index (χ3v) is 4.24. The van der Waals surface area contributed by atoms with E-state index in [0.29, 0.717) is 22.4 Å². The van der Waals surface area contributed by atoms with Crippen LogP contribution in [0.15, 0.2) is 48.5 Å². The summed E-state index contributed by atoms with van der Waals surface area (Å²) in [5.41, 5.74) is 2.93. The van der Waals surface area contributed by atoms with Gasteiger partial charge in [0.05, 0.1) is 27.4 Å². The van der Waals surface area contributed by atoms with Crippen LogP contribution in [0.2, 0.25) is 0 Å². The van der Waals surface area contributed by atoms with E-state index in [1.54, 1.807) is 21.3 Å². The van der Waals surface area contributed by atoms with Crippen molar-refractivity contribution in [1.29, 1.82) is 0 Å². The van der Waals surface area contributed by atoms with Gasteiger partial charge in [-0.3, -0.25) is 0 Å². The molecule has 2 N–H and O–H groups in total. The predicted molar refractivity (Wildman–Crippen MR) is 102 cm³/mol. The fourth-order valence-corrected chi connectivity index (χ4v) is 3.04. The van der Waals surface area contributed by atoms with Gasteiger partial charge >= 0.3 is 0 Å². The van der Waals surface area contributed by atoms with Gasteiger partial charge in [0.2, 0.25) is 0 Å². The summed E-state index contributed by atoms with van der Waals surface area (Å²) < 4.78 is 16.3. The van der Waals surface area contributed by atoms with E-state index in [1.165, 1.54) is 0 Å². The Hall–Kier alpha value is -2.73. The zero-order valence-electron chi connectivity index (χ0n) is 14.3. The van der Waals surface area contributed by atoms with Crippen molar-refractivity contribution in [2.45, 2.75) is 6.04 Å². The minimum Gasteiger partial charge on any atom is -0.496 e. The van der Waals surface area contributed by atoms with Crippen LogP contribution in [0.4, 0.5) is 0 Å². The zero-order valence-corrected chi connectivity index (χ0v) is 15.1. The number of hydrogen-bond acceptors (Lipinski definition) is 4. The van der Waals surface area contributed by atoms with Gasteiger partial charge in [-0.2, -0.15) is 0 Å². The number of nitrogens with one attached hydrogen (secondary N) is 2. The molecule has 6 heteroatoms. The molecule has 0 saturated carbocycles. The molecule has 0 radical (unpaired) electrons. The van der Waals surface area contributed by atoms with Gasteiger partial charge < -0.3 is 24.8 Å². The molecule has 2 aromatic carbocycles. The highest BCUT2D eigenvalue weighted by atomic mass is 32.1. The average Bonchev–Trinajstić information content (AvgIpc) is 2.67. The number of ether oxygens (including phenoxy) is 3. The van der Waals surface area contributed by atoms with Crippen LogP contribution < -0.4 is 24.8 Å². The number of thiocarbonyl (C=S) groups is 1. The summed E-state index contributed by atoms with van der Waals surface area (Å²) in [7, 11) is 4.84. The van der Waals surface area contributed by atoms with Crippen molar-refractivity contribution >= 4 is 23.0 Å². The van der Waals surface area contributed by atoms with Crippen LogP contribution in [0.5, 0.6) is 17.2 Å². The molecule has 25 heavy (non-hydrogen) atoms. The van der Waals surface area contributed by atoms with Crippen molar-refractivity contribution in [1.82, 2.24) is 10.6 Å². The molecule has 0 saturated heterocycles. The minimum absolute atomic E-state index is 0.154. The Morgan fingerprint density at radius 2 is 1.52 bits per heavy atom. The normalized spacial score (nSPS) is 16.4. The first-order chi connectivity index (χ1) is 12.2. The maximum atomic E-state index is 5.55. The molecular weight excluding hydrogens is 336 g/mol. The first-order valence-corrected chi connectivity index (χ1v) is 8.21. The van der Waals surface area contributed by atoms with Crippen LogP contribution in [-0.4, -0.2) is 26.4 Å². The van der Waals surface area contributed by atoms with Gasteiger partial charge in [-0.1, -0.05) is 30.3 Å². The van der Waals surface area contributed by atoms with E-state index < -0.39 is 0 Å². The fourth-order valence-electron chi connectivity index (χ4n) is 2.80. The lowest BCUT2D eigenvalue weighted by atomic mass is 10.00. The molecule has 0 bridgehead atoms. The lowest BCUT2D eigenvalue weighted by Crippen LogP contribution is -2.40. The molecule has 0 amide bonds. The molecule has 0 aliphatic carbocycles. The molecule has 0 aromatic heterocycles. The fraction of sp³-hybridized carbons (Fsp3) is 0.211. The second kappa shape index (κ2) is 7.44. The van der Waals surface area contributed by atoms with Crippen LogP contribution >= 0.6 is 12.2 Å². The average molecular weight is 356 g/mol. The van der Waals surface area contributed by atoms with E-state index in [2.05, 4.69) is 16.7 Å². The van der Waals surface area contributed by atoms with Gasteiger partial charge in [-0.05, 0) is 29.9 Å². The molecule has 1 aliphatic heterocycles. The molecule has 1 aliphatic rings. The van der Waals surface area contributed by atoms with Crippen LogP contribution in [0, 0.1) is 0 Å². The van der Waals surface area contributed by atoms with Crippen LogP contribution in [-0.2, 0) is 0 Å². The molecule has 130 valence electrons. The second-order valence-electron chi connectivity index (χ2n) is 5.47. The largest absolute Gasteiger partial charge is 0.496 e. The van der Waals surface area contributed by atoms with E-state index in [1.807, 2.05) is 42.5 Å². The van der Waals surface area contributed by atoms with Crippen LogP contribution in [0.25, 0.3) is 5.70 Å². The highest BCUT2D eigenvalue weighted by molar-refractivity contribution is 7.80. The molecule has 5 nitrogen and oxygen atoms in total. The van der Waals surface area contributed by atoms with Crippen molar-refractivity contribution in [2.75, 3.05) is 21.3 Å². The smallest absolute Gasteiger partial charge is 0.171 e. The van der Waals surface area contributed by atoms with Gasteiger partial charge in [0.15, 0.2) is 16.6 Å². The molecular formula is C19H20N2O3S. The molecule has 3 rings (SSSR count). The Labute approximate surface area is 152 Å². The van der Waals surface area contributed by atoms with Gasteiger partial charge in [0.1, 0.15) is 5.75 Å². The Kier molecular flexibility index (Phi) is 5.09. The van der Waals surface area contributed by atoms with Crippen molar-refractivity contribution < 1.29 is 14.2 Å². The summed E-state index contributed by atoms with van der Waals surface area (Å²) >= 11 is 5.39. The Morgan fingerprint density at radius 1 is 0.880 bits per heavy atom. The van der Waals surface area contributed by atoms with Gasteiger partial charge in [-0.25, -0.2) is 0 Å². The third kappa shape index (κ3) is 3.53. The Balaban J connectivity index is 2.06. The maximum absolute atomic E-state index is 5.55. The van der Waals surface area contributed by atoms with Crippen LogP contribution in [0.1, 0.15) is 17.2 Å². The predicted octanol–water partition coefficient (Wildman–Crippen LogP) is 3.27. The van der Waals surface area contributed by atoms with Gasteiger partial charge in [0.25, 0.3) is 0 Å². The summed E-state index contributed by atoms with van der Waals surface area (Å²) in [6.45, 7) is 0. The van der Waals surface area contributed by atoms with Gasteiger partial charge in [-0.15, -0.1) is 0 Å². The highest BCUT2D eigenvalue weighted by Crippen LogP contribution is 2.39. The quantitative estimate of drug-likeness (QED) is 0.802. The highest BCUT2D eigenvalue weighted by Gasteiger charge is 2.23. The van der Waals surface area contributed by atoms with E-state index in [0.717, 1.165) is 16.8 Å². The van der Waals surface area contributed by atoms with E-state index in [9.17, 15) is 0 Å². The van der Waals surface area contributed by atoms with E-state index in [4.69, 9.17) is 26.4 Å². The van der Waals surface area contributed by atoms with Crippen molar-refractivity contribution in [3.05, 3.63) is 59.7 Å². The van der Waals surface area contributed by atoms with Gasteiger partial charge in [0, 0.05) is 17.3 Å². The van der Waals surface area contributed by atoms with E-state index >= 15 is 0 Å². The number of methoxy groups -OCH3 is 3. The number of benzene rings is 2. The topological polar surface area (TPSA) is 51.8 Å². The summed E-state index contributed by atoms with van der Waals surface area (Å²) in [5, 5.41) is 7.03. The number of rotatable bonds is 5. The van der Waals surface area contributed by atoms with E-state index in [-0.39, 0.29) is 6.04 Å². The van der Waals surface area contributed by atoms with Crippen molar-refractivity contribution in [3.63, 3.8) is 0 Å². The number of hydrogen-bond donors (Lipinski definition) is 2. The Bertz CT molecular complexity index is 806. The second-order valence-corrected chi connectivity index (χ2v) is 5.88. The lowest BCUT2D eigenvalue weighted by molar-refractivity contribution is 0.347. The standard InChI is InChI=1S/C19H20N2O3S/c1-22-16-11-18(24-3)17(23-2)9-13(16)15-10-14(20-19(25)21-15)12-7-5-4-6-8-12/h4-11,15H,1-3H3,(H2,20,21,25)/t15-/m0/s1. The first-order valence-electron chi connectivity index (χ1n) is 7.81. The molecule has 1 atom stereocenters. The Morgan fingerprint density at radius 3 is 2.16 bits per heavy atom. The monoisotopic (exact) mass is 356 g/mol. The third-order valence-electron chi connectivity index (χ3n) is 4.02. The maximum Gasteiger partial charge on any atom is 0.171 e. The molecule has 1 heterocycles. The molecule has 0 spiro atoms. The lowest BCUT2D eigenvalue weighted by Gasteiger charge is -2.27. The van der Waals surface area contributed by atoms with Crippen LogP contribution in [0.3, 0.4) is 0 Å². The summed E-state index contributed by atoms with van der Waals surface area (Å²) in [4.78, 5) is 0. The molecule has 0 unspecified atom stereocenters.